The summed E-state index contributed by atoms with van der Waals surface area (Å²) in [5, 5.41) is 2.89. The summed E-state index contributed by atoms with van der Waals surface area (Å²) in [7, 11) is 0. The molecule has 0 atom stereocenters. The number of hydrogen-bond acceptors (Lipinski definition) is 3. The van der Waals surface area contributed by atoms with Gasteiger partial charge in [0, 0.05) is 26.1 Å². The largest absolute Gasteiger partial charge is 0.393 e. The topological polar surface area (TPSA) is 58.4 Å². The monoisotopic (exact) mass is 241 g/mol. The molecule has 1 amide bonds. The third-order valence-corrected chi connectivity index (χ3v) is 3.55. The van der Waals surface area contributed by atoms with Crippen molar-refractivity contribution in [3.63, 3.8) is 0 Å². The number of nitrogens with zero attached hydrogens (tertiary/aromatic N) is 1. The van der Waals surface area contributed by atoms with Crippen molar-refractivity contribution < 1.29 is 4.79 Å². The fourth-order valence-electron chi connectivity index (χ4n) is 2.41. The van der Waals surface area contributed by atoms with Crippen molar-refractivity contribution in [2.75, 3.05) is 26.2 Å². The van der Waals surface area contributed by atoms with Gasteiger partial charge in [0.2, 0.25) is 5.91 Å². The standard InChI is InChI=1S/C11H19N3OS/c12-9(16)6-11(2-3-11)8-14-5-1-4-13-10(15)7-14/h1-8H2,(H2,12,16)(H,13,15). The highest BCUT2D eigenvalue weighted by molar-refractivity contribution is 7.80. The van der Waals surface area contributed by atoms with Crippen molar-refractivity contribution in [3.8, 4) is 0 Å². The Morgan fingerprint density at radius 1 is 1.56 bits per heavy atom. The van der Waals surface area contributed by atoms with E-state index in [2.05, 4.69) is 10.2 Å². The highest BCUT2D eigenvalue weighted by atomic mass is 32.1. The molecule has 1 saturated heterocycles. The molecule has 0 bridgehead atoms. The molecule has 1 aliphatic carbocycles. The zero-order chi connectivity index (χ0) is 11.6. The fourth-order valence-corrected chi connectivity index (χ4v) is 2.72. The molecular formula is C11H19N3OS. The number of carbonyl (C=O) groups excluding carboxylic acids is 1. The smallest absolute Gasteiger partial charge is 0.234 e. The van der Waals surface area contributed by atoms with Gasteiger partial charge in [0.15, 0.2) is 0 Å². The molecular weight excluding hydrogens is 222 g/mol. The van der Waals surface area contributed by atoms with Gasteiger partial charge in [0.25, 0.3) is 0 Å². The second kappa shape index (κ2) is 4.67. The molecule has 0 aromatic carbocycles. The van der Waals surface area contributed by atoms with Crippen LogP contribution in [-0.2, 0) is 4.79 Å². The Balaban J connectivity index is 1.88. The van der Waals surface area contributed by atoms with Crippen LogP contribution in [0.25, 0.3) is 0 Å². The van der Waals surface area contributed by atoms with Crippen LogP contribution in [0.3, 0.4) is 0 Å². The van der Waals surface area contributed by atoms with Gasteiger partial charge in [-0.2, -0.15) is 0 Å². The molecule has 16 heavy (non-hydrogen) atoms. The van der Waals surface area contributed by atoms with Crippen LogP contribution in [0.5, 0.6) is 0 Å². The van der Waals surface area contributed by atoms with Crippen molar-refractivity contribution in [1.82, 2.24) is 10.2 Å². The first-order valence-corrected chi connectivity index (χ1v) is 6.28. The number of nitrogens with one attached hydrogen (secondary N) is 1. The normalized spacial score (nSPS) is 24.6. The maximum atomic E-state index is 11.4. The van der Waals surface area contributed by atoms with Crippen LogP contribution in [0, 0.1) is 5.41 Å². The van der Waals surface area contributed by atoms with Crippen LogP contribution < -0.4 is 11.1 Å². The molecule has 2 aliphatic rings. The van der Waals surface area contributed by atoms with Crippen molar-refractivity contribution in [2.24, 2.45) is 11.1 Å². The van der Waals surface area contributed by atoms with Gasteiger partial charge in [-0.05, 0) is 24.7 Å². The molecule has 1 saturated carbocycles. The van der Waals surface area contributed by atoms with Gasteiger partial charge in [-0.15, -0.1) is 0 Å². The highest BCUT2D eigenvalue weighted by Crippen LogP contribution is 2.49. The molecule has 1 aliphatic heterocycles. The zero-order valence-corrected chi connectivity index (χ0v) is 10.3. The Bertz CT molecular complexity index is 302. The minimum absolute atomic E-state index is 0.142. The third kappa shape index (κ3) is 3.15. The first-order chi connectivity index (χ1) is 7.60. The average Bonchev–Trinajstić information content (AvgIpc) is 2.92. The van der Waals surface area contributed by atoms with E-state index in [-0.39, 0.29) is 11.3 Å². The molecule has 5 heteroatoms. The SMILES string of the molecule is NC(=S)CC1(CN2CCCNC(=O)C2)CC1. The lowest BCUT2D eigenvalue weighted by Gasteiger charge is -2.24. The van der Waals surface area contributed by atoms with Gasteiger partial charge in [0.05, 0.1) is 11.5 Å². The molecule has 3 N–H and O–H groups in total. The number of thiocarbonyl (C=S) groups is 1. The molecule has 2 rings (SSSR count). The van der Waals surface area contributed by atoms with E-state index in [1.807, 2.05) is 0 Å². The highest BCUT2D eigenvalue weighted by Gasteiger charge is 2.44. The van der Waals surface area contributed by atoms with E-state index in [4.69, 9.17) is 18.0 Å². The van der Waals surface area contributed by atoms with Gasteiger partial charge in [-0.1, -0.05) is 12.2 Å². The molecule has 0 aromatic rings. The van der Waals surface area contributed by atoms with Crippen molar-refractivity contribution in [2.45, 2.75) is 25.7 Å². The van der Waals surface area contributed by atoms with E-state index >= 15 is 0 Å². The van der Waals surface area contributed by atoms with Crippen molar-refractivity contribution in [1.29, 1.82) is 0 Å². The summed E-state index contributed by atoms with van der Waals surface area (Å²) < 4.78 is 0. The quantitative estimate of drug-likeness (QED) is 0.694. The van der Waals surface area contributed by atoms with E-state index in [1.165, 1.54) is 12.8 Å². The maximum Gasteiger partial charge on any atom is 0.234 e. The molecule has 4 nitrogen and oxygen atoms in total. The van der Waals surface area contributed by atoms with E-state index in [1.54, 1.807) is 0 Å². The molecule has 0 aromatic heterocycles. The maximum absolute atomic E-state index is 11.4. The number of rotatable bonds is 4. The Morgan fingerprint density at radius 3 is 2.94 bits per heavy atom. The van der Waals surface area contributed by atoms with Gasteiger partial charge in [-0.3, -0.25) is 9.69 Å². The summed E-state index contributed by atoms with van der Waals surface area (Å²) in [6.45, 7) is 3.30. The van der Waals surface area contributed by atoms with E-state index < -0.39 is 0 Å². The summed E-state index contributed by atoms with van der Waals surface area (Å²) in [4.78, 5) is 14.3. The van der Waals surface area contributed by atoms with Crippen LogP contribution in [0.1, 0.15) is 25.7 Å². The van der Waals surface area contributed by atoms with E-state index in [0.717, 1.165) is 32.5 Å². The number of nitrogens with two attached hydrogens (primary N) is 1. The molecule has 0 spiro atoms. The lowest BCUT2D eigenvalue weighted by Crippen LogP contribution is -2.37. The second-order valence-electron chi connectivity index (χ2n) is 5.06. The minimum Gasteiger partial charge on any atom is -0.393 e. The Morgan fingerprint density at radius 2 is 2.31 bits per heavy atom. The average molecular weight is 241 g/mol. The minimum atomic E-state index is 0.142. The van der Waals surface area contributed by atoms with E-state index in [9.17, 15) is 4.79 Å². The molecule has 0 unspecified atom stereocenters. The Hall–Kier alpha value is -0.680. The van der Waals surface area contributed by atoms with Crippen molar-refractivity contribution >= 4 is 23.1 Å². The van der Waals surface area contributed by atoms with Crippen LogP contribution in [0.4, 0.5) is 0 Å². The molecule has 0 radical (unpaired) electrons. The van der Waals surface area contributed by atoms with Gasteiger partial charge < -0.3 is 11.1 Å². The molecule has 2 fully saturated rings. The molecule has 90 valence electrons. The predicted molar refractivity (Wildman–Crippen MR) is 67.1 cm³/mol. The number of carbonyl (C=O) groups is 1. The third-order valence-electron chi connectivity index (χ3n) is 3.41. The molecule has 1 heterocycles. The Kier molecular flexibility index (Phi) is 3.44. The van der Waals surface area contributed by atoms with Crippen LogP contribution in [0.2, 0.25) is 0 Å². The summed E-state index contributed by atoms with van der Waals surface area (Å²) in [6.07, 6.45) is 4.26. The fraction of sp³-hybridized carbons (Fsp3) is 0.818. The van der Waals surface area contributed by atoms with Crippen LogP contribution in [0.15, 0.2) is 0 Å². The Labute approximate surface area is 102 Å². The number of amides is 1. The lowest BCUT2D eigenvalue weighted by atomic mass is 10.0. The summed E-state index contributed by atoms with van der Waals surface area (Å²) in [5.74, 6) is 0.142. The summed E-state index contributed by atoms with van der Waals surface area (Å²) in [5.41, 5.74) is 5.90. The zero-order valence-electron chi connectivity index (χ0n) is 9.50. The van der Waals surface area contributed by atoms with Crippen LogP contribution in [-0.4, -0.2) is 42.0 Å². The van der Waals surface area contributed by atoms with Gasteiger partial charge in [-0.25, -0.2) is 0 Å². The van der Waals surface area contributed by atoms with Gasteiger partial charge in [0.1, 0.15) is 0 Å². The summed E-state index contributed by atoms with van der Waals surface area (Å²) >= 11 is 4.98. The lowest BCUT2D eigenvalue weighted by molar-refractivity contribution is -0.121. The summed E-state index contributed by atoms with van der Waals surface area (Å²) in [6, 6.07) is 0. The van der Waals surface area contributed by atoms with E-state index in [0.29, 0.717) is 11.5 Å². The first kappa shape index (κ1) is 11.8. The first-order valence-electron chi connectivity index (χ1n) is 5.87. The van der Waals surface area contributed by atoms with Gasteiger partial charge >= 0.3 is 0 Å². The van der Waals surface area contributed by atoms with Crippen molar-refractivity contribution in [3.05, 3.63) is 0 Å². The predicted octanol–water partition coefficient (Wildman–Crippen LogP) is 0.265. The number of hydrogen-bond donors (Lipinski definition) is 2. The second-order valence-corrected chi connectivity index (χ2v) is 5.58. The van der Waals surface area contributed by atoms with Crippen LogP contribution >= 0.6 is 12.2 Å².